The number of ether oxygens (including phenoxy) is 2. The molecule has 0 fully saturated rings. The third-order valence-corrected chi connectivity index (χ3v) is 5.04. The second kappa shape index (κ2) is 7.98. The third kappa shape index (κ3) is 4.25. The van der Waals surface area contributed by atoms with Crippen LogP contribution in [-0.4, -0.2) is 17.1 Å². The van der Waals surface area contributed by atoms with Crippen molar-refractivity contribution in [3.63, 3.8) is 0 Å². The summed E-state index contributed by atoms with van der Waals surface area (Å²) in [5, 5.41) is 0. The summed E-state index contributed by atoms with van der Waals surface area (Å²) in [5.74, 6) is 2.31. The van der Waals surface area contributed by atoms with Gasteiger partial charge in [0.05, 0.1) is 13.3 Å². The minimum Gasteiger partial charge on any atom is -0.478 e. The van der Waals surface area contributed by atoms with Crippen LogP contribution >= 0.6 is 0 Å². The number of nitrogens with two attached hydrogens (primary N) is 1. The maximum atomic E-state index is 6.46. The molecule has 2 aromatic carbocycles. The molecule has 0 unspecified atom stereocenters. The van der Waals surface area contributed by atoms with Crippen molar-refractivity contribution >= 4 is 5.69 Å². The van der Waals surface area contributed by atoms with Crippen LogP contribution in [0.15, 0.2) is 30.5 Å². The normalized spacial score (nSPS) is 11.5. The highest BCUT2D eigenvalue weighted by molar-refractivity contribution is 5.84. The summed E-state index contributed by atoms with van der Waals surface area (Å²) in [7, 11) is 1.59. The van der Waals surface area contributed by atoms with Crippen molar-refractivity contribution in [2.24, 2.45) is 0 Å². The Labute approximate surface area is 179 Å². The fraction of sp³-hybridized carbons (Fsp3) is 0.360. The molecule has 3 aromatic rings. The molecular weight excluding hydrogens is 374 g/mol. The Morgan fingerprint density at radius 3 is 2.07 bits per heavy atom. The summed E-state index contributed by atoms with van der Waals surface area (Å²) in [6.07, 6.45) is 1.68. The molecule has 0 bridgehead atoms. The number of benzene rings is 2. The number of hydrogen-bond acceptors (Lipinski definition) is 5. The first-order chi connectivity index (χ1) is 14.0. The minimum atomic E-state index is -0.190. The molecule has 0 aliphatic rings. The van der Waals surface area contributed by atoms with E-state index in [4.69, 9.17) is 15.2 Å². The van der Waals surface area contributed by atoms with Crippen molar-refractivity contribution in [2.45, 2.75) is 53.9 Å². The third-order valence-electron chi connectivity index (χ3n) is 5.04. The lowest BCUT2D eigenvalue weighted by molar-refractivity contribution is 0.354. The molecule has 0 aliphatic heterocycles. The van der Waals surface area contributed by atoms with Gasteiger partial charge in [-0.3, -0.25) is 0 Å². The van der Waals surface area contributed by atoms with Crippen LogP contribution in [0.5, 0.6) is 17.4 Å². The van der Waals surface area contributed by atoms with Crippen LogP contribution in [0.25, 0.3) is 11.1 Å². The SMILES string of the molecule is COc1nc(C(C)(C)C)ncc1Oc1c(C)cc(C)cc1-c1cc(C)cc(C)c1N. The molecular formula is C25H31N3O2. The van der Waals surface area contributed by atoms with Gasteiger partial charge in [-0.1, -0.05) is 38.5 Å². The highest BCUT2D eigenvalue weighted by Gasteiger charge is 2.22. The van der Waals surface area contributed by atoms with E-state index in [1.54, 1.807) is 13.3 Å². The lowest BCUT2D eigenvalue weighted by Crippen LogP contribution is -2.16. The second-order valence-corrected chi connectivity index (χ2v) is 8.92. The van der Waals surface area contributed by atoms with Crippen LogP contribution < -0.4 is 15.2 Å². The molecule has 3 rings (SSSR count). The molecule has 2 N–H and O–H groups in total. The fourth-order valence-corrected chi connectivity index (χ4v) is 3.53. The maximum absolute atomic E-state index is 6.46. The largest absolute Gasteiger partial charge is 0.478 e. The highest BCUT2D eigenvalue weighted by atomic mass is 16.5. The predicted molar refractivity (Wildman–Crippen MR) is 123 cm³/mol. The van der Waals surface area contributed by atoms with Crippen LogP contribution in [0.2, 0.25) is 0 Å². The summed E-state index contributed by atoms with van der Waals surface area (Å²) < 4.78 is 11.9. The average Bonchev–Trinajstić information content (AvgIpc) is 2.65. The Balaban J connectivity index is 2.17. The van der Waals surface area contributed by atoms with E-state index in [9.17, 15) is 0 Å². The first-order valence-electron chi connectivity index (χ1n) is 10.1. The zero-order chi connectivity index (χ0) is 22.2. The molecule has 1 heterocycles. The number of nitrogen functional groups attached to an aromatic ring is 1. The first kappa shape index (κ1) is 21.6. The summed E-state index contributed by atoms with van der Waals surface area (Å²) >= 11 is 0. The van der Waals surface area contributed by atoms with Gasteiger partial charge in [-0.05, 0) is 56.5 Å². The zero-order valence-corrected chi connectivity index (χ0v) is 19.2. The quantitative estimate of drug-likeness (QED) is 0.534. The van der Waals surface area contributed by atoms with Gasteiger partial charge in [0.15, 0.2) is 0 Å². The molecule has 0 spiro atoms. The second-order valence-electron chi connectivity index (χ2n) is 8.92. The Morgan fingerprint density at radius 2 is 1.47 bits per heavy atom. The zero-order valence-electron chi connectivity index (χ0n) is 19.2. The van der Waals surface area contributed by atoms with E-state index in [1.165, 1.54) is 0 Å². The fourth-order valence-electron chi connectivity index (χ4n) is 3.53. The van der Waals surface area contributed by atoms with Gasteiger partial charge < -0.3 is 15.2 Å². The number of aromatic nitrogens is 2. The number of anilines is 1. The van der Waals surface area contributed by atoms with E-state index >= 15 is 0 Å². The van der Waals surface area contributed by atoms with E-state index in [0.29, 0.717) is 17.5 Å². The summed E-state index contributed by atoms with van der Waals surface area (Å²) in [6, 6.07) is 8.38. The highest BCUT2D eigenvalue weighted by Crippen LogP contribution is 2.42. The topological polar surface area (TPSA) is 70.3 Å². The predicted octanol–water partition coefficient (Wildman–Crippen LogP) is 6.06. The van der Waals surface area contributed by atoms with Gasteiger partial charge in [0.2, 0.25) is 5.75 Å². The standard InChI is InChI=1S/C25H31N3O2/c1-14-9-16(3)21(26)18(11-14)19-12-15(2)10-17(4)22(19)30-20-13-27-24(25(5,6)7)28-23(20)29-8/h9-13H,26H2,1-8H3. The molecule has 5 nitrogen and oxygen atoms in total. The molecule has 1 aromatic heterocycles. The molecule has 0 saturated carbocycles. The van der Waals surface area contributed by atoms with Crippen LogP contribution in [0, 0.1) is 27.7 Å². The van der Waals surface area contributed by atoms with Crippen molar-refractivity contribution in [3.8, 4) is 28.5 Å². The number of aryl methyl sites for hydroxylation is 4. The summed E-state index contributed by atoms with van der Waals surface area (Å²) in [6.45, 7) is 14.4. The number of methoxy groups -OCH3 is 1. The van der Waals surface area contributed by atoms with Gasteiger partial charge in [-0.15, -0.1) is 0 Å². The monoisotopic (exact) mass is 405 g/mol. The van der Waals surface area contributed by atoms with Gasteiger partial charge in [-0.25, -0.2) is 4.98 Å². The molecule has 5 heteroatoms. The van der Waals surface area contributed by atoms with Gasteiger partial charge in [0, 0.05) is 22.2 Å². The van der Waals surface area contributed by atoms with E-state index in [2.05, 4.69) is 68.9 Å². The number of hydrogen-bond donors (Lipinski definition) is 1. The van der Waals surface area contributed by atoms with E-state index in [1.807, 2.05) is 13.8 Å². The Bertz CT molecular complexity index is 1100. The van der Waals surface area contributed by atoms with Gasteiger partial charge in [0.25, 0.3) is 5.88 Å². The summed E-state index contributed by atoms with van der Waals surface area (Å²) in [5.41, 5.74) is 13.3. The Morgan fingerprint density at radius 1 is 0.867 bits per heavy atom. The molecule has 0 saturated heterocycles. The van der Waals surface area contributed by atoms with E-state index in [0.717, 1.165) is 44.8 Å². The van der Waals surface area contributed by atoms with Crippen LogP contribution in [0.3, 0.4) is 0 Å². The minimum absolute atomic E-state index is 0.190. The molecule has 0 atom stereocenters. The Hall–Kier alpha value is -3.08. The van der Waals surface area contributed by atoms with Crippen LogP contribution in [0.1, 0.15) is 48.8 Å². The average molecular weight is 406 g/mol. The van der Waals surface area contributed by atoms with E-state index < -0.39 is 0 Å². The van der Waals surface area contributed by atoms with Gasteiger partial charge in [-0.2, -0.15) is 4.98 Å². The van der Waals surface area contributed by atoms with Gasteiger partial charge in [0.1, 0.15) is 11.6 Å². The van der Waals surface area contributed by atoms with Gasteiger partial charge >= 0.3 is 0 Å². The number of nitrogens with zero attached hydrogens (tertiary/aromatic N) is 2. The molecule has 0 aliphatic carbocycles. The van der Waals surface area contributed by atoms with Crippen molar-refractivity contribution < 1.29 is 9.47 Å². The van der Waals surface area contributed by atoms with Crippen molar-refractivity contribution in [1.82, 2.24) is 9.97 Å². The smallest absolute Gasteiger partial charge is 0.260 e. The molecule has 158 valence electrons. The van der Waals surface area contributed by atoms with Crippen molar-refractivity contribution in [2.75, 3.05) is 12.8 Å². The van der Waals surface area contributed by atoms with Crippen molar-refractivity contribution in [1.29, 1.82) is 0 Å². The number of rotatable bonds is 4. The summed E-state index contributed by atoms with van der Waals surface area (Å²) in [4.78, 5) is 9.08. The Kier molecular flexibility index (Phi) is 5.75. The first-order valence-corrected chi connectivity index (χ1v) is 10.1. The van der Waals surface area contributed by atoms with Crippen molar-refractivity contribution in [3.05, 3.63) is 58.5 Å². The van der Waals surface area contributed by atoms with Crippen LogP contribution in [0.4, 0.5) is 5.69 Å². The molecule has 0 amide bonds. The maximum Gasteiger partial charge on any atom is 0.260 e. The lowest BCUT2D eigenvalue weighted by atomic mass is 9.94. The van der Waals surface area contributed by atoms with Crippen LogP contribution in [-0.2, 0) is 5.41 Å². The lowest BCUT2D eigenvalue weighted by Gasteiger charge is -2.20. The molecule has 0 radical (unpaired) electrons. The van der Waals surface area contributed by atoms with E-state index in [-0.39, 0.29) is 5.41 Å². The molecule has 30 heavy (non-hydrogen) atoms.